The molecule has 2 N–H and O–H groups in total. The normalized spacial score (nSPS) is 12.5. The molecule has 1 aromatic heterocycles. The monoisotopic (exact) mass is 319 g/mol. The number of hydrogen-bond donors (Lipinski definition) is 2. The van der Waals surface area contributed by atoms with E-state index in [-0.39, 0.29) is 18.2 Å². The zero-order chi connectivity index (χ0) is 17.1. The van der Waals surface area contributed by atoms with E-state index >= 15 is 0 Å². The van der Waals surface area contributed by atoms with Crippen LogP contribution in [0.5, 0.6) is 0 Å². The first-order chi connectivity index (χ1) is 10.8. The average Bonchev–Trinajstić information content (AvgIpc) is 2.72. The number of aromatic nitrogens is 2. The SMILES string of the molecule is CC(C)CC(NC(=O)Cn1c(=O)n(C)c2ccccc21)C(=O)O. The molecule has 7 nitrogen and oxygen atoms in total. The third kappa shape index (κ3) is 3.61. The van der Waals surface area contributed by atoms with Crippen molar-refractivity contribution in [2.45, 2.75) is 32.9 Å². The molecule has 1 unspecified atom stereocenters. The van der Waals surface area contributed by atoms with Crippen molar-refractivity contribution < 1.29 is 14.7 Å². The lowest BCUT2D eigenvalue weighted by Crippen LogP contribution is -2.44. The van der Waals surface area contributed by atoms with Crippen LogP contribution < -0.4 is 11.0 Å². The molecular formula is C16H21N3O4. The van der Waals surface area contributed by atoms with Gasteiger partial charge in [-0.15, -0.1) is 0 Å². The number of carboxylic acids is 1. The van der Waals surface area contributed by atoms with Crippen LogP contribution in [0.2, 0.25) is 0 Å². The van der Waals surface area contributed by atoms with E-state index in [1.165, 1.54) is 9.13 Å². The minimum absolute atomic E-state index is 0.136. The van der Waals surface area contributed by atoms with Gasteiger partial charge in [0.1, 0.15) is 12.6 Å². The number of aryl methyl sites for hydroxylation is 1. The number of carboxylic acid groups (broad SMARTS) is 1. The van der Waals surface area contributed by atoms with E-state index < -0.39 is 17.9 Å². The number of amides is 1. The zero-order valence-electron chi connectivity index (χ0n) is 13.4. The highest BCUT2D eigenvalue weighted by atomic mass is 16.4. The number of aliphatic carboxylic acids is 1. The second-order valence-corrected chi connectivity index (χ2v) is 6.00. The van der Waals surface area contributed by atoms with Gasteiger partial charge in [0.05, 0.1) is 11.0 Å². The van der Waals surface area contributed by atoms with E-state index in [0.29, 0.717) is 11.9 Å². The van der Waals surface area contributed by atoms with Gasteiger partial charge in [0, 0.05) is 7.05 Å². The predicted molar refractivity (Wildman–Crippen MR) is 86.2 cm³/mol. The smallest absolute Gasteiger partial charge is 0.329 e. The van der Waals surface area contributed by atoms with Crippen LogP contribution in [-0.4, -0.2) is 32.2 Å². The van der Waals surface area contributed by atoms with Crippen LogP contribution in [0.4, 0.5) is 0 Å². The Balaban J connectivity index is 2.22. The Morgan fingerprint density at radius 1 is 1.22 bits per heavy atom. The molecule has 23 heavy (non-hydrogen) atoms. The summed E-state index contributed by atoms with van der Waals surface area (Å²) in [6.45, 7) is 3.57. The summed E-state index contributed by atoms with van der Waals surface area (Å²) >= 11 is 0. The molecule has 0 fully saturated rings. The van der Waals surface area contributed by atoms with Gasteiger partial charge in [-0.25, -0.2) is 9.59 Å². The standard InChI is InChI=1S/C16H21N3O4/c1-10(2)8-11(15(21)22)17-14(20)9-19-13-7-5-4-6-12(13)18(3)16(19)23/h4-7,10-11H,8-9H2,1-3H3,(H,17,20)(H,21,22). The quantitative estimate of drug-likeness (QED) is 0.829. The third-order valence-electron chi connectivity index (χ3n) is 3.69. The van der Waals surface area contributed by atoms with Crippen LogP contribution in [0, 0.1) is 5.92 Å². The highest BCUT2D eigenvalue weighted by Crippen LogP contribution is 2.11. The largest absolute Gasteiger partial charge is 0.480 e. The summed E-state index contributed by atoms with van der Waals surface area (Å²) in [7, 11) is 1.64. The molecule has 1 amide bonds. The van der Waals surface area contributed by atoms with Crippen molar-refractivity contribution >= 4 is 22.9 Å². The summed E-state index contributed by atoms with van der Waals surface area (Å²) in [6.07, 6.45) is 0.339. The first kappa shape index (κ1) is 16.8. The molecule has 0 aliphatic rings. The average molecular weight is 319 g/mol. The molecule has 1 aromatic carbocycles. The van der Waals surface area contributed by atoms with Crippen LogP contribution in [0.3, 0.4) is 0 Å². The maximum Gasteiger partial charge on any atom is 0.329 e. The Kier molecular flexibility index (Phi) is 4.88. The molecule has 0 saturated heterocycles. The Labute approximate surface area is 133 Å². The van der Waals surface area contributed by atoms with Crippen molar-refractivity contribution in [2.75, 3.05) is 0 Å². The molecule has 0 aliphatic heterocycles. The van der Waals surface area contributed by atoms with E-state index in [2.05, 4.69) is 5.32 Å². The van der Waals surface area contributed by atoms with Crippen molar-refractivity contribution in [3.05, 3.63) is 34.7 Å². The second-order valence-electron chi connectivity index (χ2n) is 6.00. The third-order valence-corrected chi connectivity index (χ3v) is 3.69. The number of nitrogens with zero attached hydrogens (tertiary/aromatic N) is 2. The van der Waals surface area contributed by atoms with Crippen LogP contribution >= 0.6 is 0 Å². The lowest BCUT2D eigenvalue weighted by Gasteiger charge is -2.16. The van der Waals surface area contributed by atoms with Crippen molar-refractivity contribution in [1.29, 1.82) is 0 Å². The van der Waals surface area contributed by atoms with E-state index in [0.717, 1.165) is 5.52 Å². The van der Waals surface area contributed by atoms with E-state index in [9.17, 15) is 19.5 Å². The molecule has 7 heteroatoms. The zero-order valence-corrected chi connectivity index (χ0v) is 13.4. The van der Waals surface area contributed by atoms with Gasteiger partial charge >= 0.3 is 11.7 Å². The first-order valence-electron chi connectivity index (χ1n) is 7.47. The molecule has 124 valence electrons. The lowest BCUT2D eigenvalue weighted by atomic mass is 10.0. The molecule has 1 heterocycles. The molecule has 0 spiro atoms. The number of carbonyl (C=O) groups excluding carboxylic acids is 1. The highest BCUT2D eigenvalue weighted by molar-refractivity contribution is 5.85. The number of fused-ring (bicyclic) bond motifs is 1. The summed E-state index contributed by atoms with van der Waals surface area (Å²) in [6, 6.07) is 6.20. The lowest BCUT2D eigenvalue weighted by molar-refractivity contribution is -0.142. The summed E-state index contributed by atoms with van der Waals surface area (Å²) < 4.78 is 2.81. The number of benzene rings is 1. The molecule has 0 bridgehead atoms. The van der Waals surface area contributed by atoms with Gasteiger partial charge in [0.25, 0.3) is 0 Å². The van der Waals surface area contributed by atoms with Gasteiger partial charge in [-0.3, -0.25) is 13.9 Å². The van der Waals surface area contributed by atoms with Gasteiger partial charge in [0.15, 0.2) is 0 Å². The molecule has 2 aromatic rings. The Bertz CT molecular complexity index is 788. The Hall–Kier alpha value is -2.57. The number of nitrogens with one attached hydrogen (secondary N) is 1. The summed E-state index contributed by atoms with van der Waals surface area (Å²) in [4.78, 5) is 35.6. The van der Waals surface area contributed by atoms with Gasteiger partial charge in [0.2, 0.25) is 5.91 Å². The summed E-state index contributed by atoms with van der Waals surface area (Å²) in [5.74, 6) is -1.43. The fourth-order valence-corrected chi connectivity index (χ4v) is 2.59. The van der Waals surface area contributed by atoms with Crippen LogP contribution in [0.25, 0.3) is 11.0 Å². The number of imidazole rings is 1. The second kappa shape index (κ2) is 6.68. The highest BCUT2D eigenvalue weighted by Gasteiger charge is 2.22. The van der Waals surface area contributed by atoms with Crippen molar-refractivity contribution in [3.8, 4) is 0 Å². The predicted octanol–water partition coefficient (Wildman–Crippen LogP) is 0.955. The number of para-hydroxylation sites is 2. The Morgan fingerprint density at radius 3 is 2.39 bits per heavy atom. The summed E-state index contributed by atoms with van der Waals surface area (Å²) in [5.41, 5.74) is 1.06. The van der Waals surface area contributed by atoms with E-state index in [4.69, 9.17) is 0 Å². The fourth-order valence-electron chi connectivity index (χ4n) is 2.59. The van der Waals surface area contributed by atoms with Crippen LogP contribution in [0.15, 0.2) is 29.1 Å². The van der Waals surface area contributed by atoms with Crippen molar-refractivity contribution in [3.63, 3.8) is 0 Å². The molecule has 0 radical (unpaired) electrons. The van der Waals surface area contributed by atoms with E-state index in [1.807, 2.05) is 19.9 Å². The molecule has 0 aliphatic carbocycles. The molecule has 1 atom stereocenters. The molecular weight excluding hydrogens is 298 g/mol. The minimum Gasteiger partial charge on any atom is -0.480 e. The van der Waals surface area contributed by atoms with Crippen molar-refractivity contribution in [1.82, 2.24) is 14.5 Å². The van der Waals surface area contributed by atoms with Gasteiger partial charge < -0.3 is 10.4 Å². The van der Waals surface area contributed by atoms with Gasteiger partial charge in [-0.2, -0.15) is 0 Å². The minimum atomic E-state index is -1.07. The number of carbonyl (C=O) groups is 2. The van der Waals surface area contributed by atoms with Gasteiger partial charge in [-0.1, -0.05) is 26.0 Å². The maximum absolute atomic E-state index is 12.3. The molecule has 0 saturated carbocycles. The Morgan fingerprint density at radius 2 is 1.83 bits per heavy atom. The van der Waals surface area contributed by atoms with Crippen molar-refractivity contribution in [2.24, 2.45) is 13.0 Å². The first-order valence-corrected chi connectivity index (χ1v) is 7.47. The number of hydrogen-bond acceptors (Lipinski definition) is 3. The van der Waals surface area contributed by atoms with Crippen LogP contribution in [-0.2, 0) is 23.2 Å². The van der Waals surface area contributed by atoms with Gasteiger partial charge in [-0.05, 0) is 24.5 Å². The summed E-state index contributed by atoms with van der Waals surface area (Å²) in [5, 5.41) is 11.7. The topological polar surface area (TPSA) is 93.3 Å². The van der Waals surface area contributed by atoms with Crippen LogP contribution in [0.1, 0.15) is 20.3 Å². The van der Waals surface area contributed by atoms with E-state index in [1.54, 1.807) is 25.2 Å². The molecule has 2 rings (SSSR count). The maximum atomic E-state index is 12.3. The fraction of sp³-hybridized carbons (Fsp3) is 0.438. The number of rotatable bonds is 6.